The number of hydrogen-bond donors (Lipinski definition) is 0. The minimum absolute atomic E-state index is 0.0925. The summed E-state index contributed by atoms with van der Waals surface area (Å²) in [4.78, 5) is 29.2. The highest BCUT2D eigenvalue weighted by Gasteiger charge is 2.36. The minimum Gasteiger partial charge on any atom is -0.469 e. The molecule has 0 spiro atoms. The van der Waals surface area contributed by atoms with Gasteiger partial charge in [0, 0.05) is 54.3 Å². The van der Waals surface area contributed by atoms with Gasteiger partial charge in [-0.05, 0) is 45.7 Å². The SMILES string of the molecule is Cc1ccc(C(=O)COc2c(C(=O)c3ccc(Cl)c(CN4CC(C)OC(C)C4)c3Cl)c(C3CC3)nn2C)cc1. The molecule has 1 saturated heterocycles. The Labute approximate surface area is 239 Å². The first kappa shape index (κ1) is 27.8. The van der Waals surface area contributed by atoms with Crippen LogP contribution in [0.2, 0.25) is 10.0 Å². The van der Waals surface area contributed by atoms with Crippen LogP contribution in [0.15, 0.2) is 36.4 Å². The fourth-order valence-corrected chi connectivity index (χ4v) is 5.77. The molecule has 1 saturated carbocycles. The van der Waals surface area contributed by atoms with E-state index in [1.807, 2.05) is 32.9 Å². The fourth-order valence-electron chi connectivity index (χ4n) is 5.20. The zero-order valence-corrected chi connectivity index (χ0v) is 24.2. The highest BCUT2D eigenvalue weighted by molar-refractivity contribution is 6.39. The van der Waals surface area contributed by atoms with Crippen molar-refractivity contribution in [3.05, 3.63) is 80.0 Å². The van der Waals surface area contributed by atoms with E-state index in [4.69, 9.17) is 32.7 Å². The summed E-state index contributed by atoms with van der Waals surface area (Å²) >= 11 is 13.5. The van der Waals surface area contributed by atoms with Gasteiger partial charge < -0.3 is 9.47 Å². The molecule has 39 heavy (non-hydrogen) atoms. The maximum Gasteiger partial charge on any atom is 0.223 e. The van der Waals surface area contributed by atoms with Crippen LogP contribution in [0.1, 0.15) is 75.7 Å². The number of morpholine rings is 1. The first-order chi connectivity index (χ1) is 18.6. The lowest BCUT2D eigenvalue weighted by atomic mass is 9.99. The lowest BCUT2D eigenvalue weighted by Crippen LogP contribution is -2.44. The number of aryl methyl sites for hydroxylation is 2. The summed E-state index contributed by atoms with van der Waals surface area (Å²) in [7, 11) is 1.73. The van der Waals surface area contributed by atoms with E-state index in [0.29, 0.717) is 44.5 Å². The predicted molar refractivity (Wildman–Crippen MR) is 151 cm³/mol. The Morgan fingerprint density at radius 1 is 1.05 bits per heavy atom. The Kier molecular flexibility index (Phi) is 8.15. The zero-order chi connectivity index (χ0) is 27.8. The summed E-state index contributed by atoms with van der Waals surface area (Å²) in [6.07, 6.45) is 2.09. The van der Waals surface area contributed by atoms with Crippen LogP contribution in [0.3, 0.4) is 0 Å². The molecule has 1 aliphatic carbocycles. The normalized spacial score (nSPS) is 19.7. The van der Waals surface area contributed by atoms with Crippen LogP contribution in [0.4, 0.5) is 0 Å². The van der Waals surface area contributed by atoms with Crippen molar-refractivity contribution in [1.29, 1.82) is 0 Å². The molecule has 206 valence electrons. The number of rotatable bonds is 9. The highest BCUT2D eigenvalue weighted by atomic mass is 35.5. The molecule has 2 atom stereocenters. The quantitative estimate of drug-likeness (QED) is 0.293. The second-order valence-electron chi connectivity index (χ2n) is 10.7. The van der Waals surface area contributed by atoms with Crippen LogP contribution >= 0.6 is 23.2 Å². The molecule has 5 rings (SSSR count). The van der Waals surface area contributed by atoms with Crippen LogP contribution in [0, 0.1) is 6.92 Å². The number of halogens is 2. The van der Waals surface area contributed by atoms with E-state index < -0.39 is 0 Å². The number of carbonyl (C=O) groups is 2. The van der Waals surface area contributed by atoms with E-state index in [1.165, 1.54) is 0 Å². The molecule has 0 radical (unpaired) electrons. The van der Waals surface area contributed by atoms with Crippen LogP contribution in [-0.4, -0.2) is 58.2 Å². The Hall–Kier alpha value is -2.71. The molecule has 0 bridgehead atoms. The van der Waals surface area contributed by atoms with Gasteiger partial charge in [0.1, 0.15) is 5.56 Å². The topological polar surface area (TPSA) is 73.7 Å². The third kappa shape index (κ3) is 6.07. The first-order valence-corrected chi connectivity index (χ1v) is 14.1. The van der Waals surface area contributed by atoms with Crippen molar-refractivity contribution in [3.63, 3.8) is 0 Å². The van der Waals surface area contributed by atoms with Gasteiger partial charge in [-0.25, -0.2) is 4.68 Å². The van der Waals surface area contributed by atoms with Crippen LogP contribution < -0.4 is 4.74 Å². The summed E-state index contributed by atoms with van der Waals surface area (Å²) in [5.74, 6) is -0.00862. The van der Waals surface area contributed by atoms with Crippen LogP contribution in [0.25, 0.3) is 0 Å². The monoisotopic (exact) mass is 569 g/mol. The molecule has 3 aromatic rings. The van der Waals surface area contributed by atoms with E-state index in [9.17, 15) is 9.59 Å². The van der Waals surface area contributed by atoms with Crippen molar-refractivity contribution in [2.45, 2.75) is 58.3 Å². The van der Waals surface area contributed by atoms with Crippen molar-refractivity contribution >= 4 is 34.8 Å². The third-order valence-corrected chi connectivity index (χ3v) is 8.02. The molecule has 7 nitrogen and oxygen atoms in total. The van der Waals surface area contributed by atoms with Crippen LogP contribution in [0.5, 0.6) is 5.88 Å². The number of nitrogens with zero attached hydrogens (tertiary/aromatic N) is 3. The molecule has 2 aromatic carbocycles. The average Bonchev–Trinajstić information content (AvgIpc) is 3.67. The standard InChI is InChI=1S/C30H33Cl2N3O4/c1-17-5-7-20(8-6-17)25(36)16-38-30-26(28(21-9-10-21)33-34(30)4)29(37)22-11-12-24(31)23(27(22)32)15-35-13-18(2)39-19(3)14-35/h5-8,11-12,18-19,21H,9-10,13-16H2,1-4H3. The van der Waals surface area contributed by atoms with Crippen LogP contribution in [-0.2, 0) is 18.3 Å². The molecule has 9 heteroatoms. The maximum absolute atomic E-state index is 14.1. The van der Waals surface area contributed by atoms with Gasteiger partial charge in [0.05, 0.1) is 22.9 Å². The van der Waals surface area contributed by atoms with Crippen molar-refractivity contribution in [2.75, 3.05) is 19.7 Å². The second-order valence-corrected chi connectivity index (χ2v) is 11.5. The number of Topliss-reactive ketones (excluding diaryl/α,β-unsaturated/α-hetero) is 1. The van der Waals surface area contributed by atoms with Gasteiger partial charge in [0.15, 0.2) is 12.4 Å². The van der Waals surface area contributed by atoms with E-state index in [2.05, 4.69) is 10.00 Å². The van der Waals surface area contributed by atoms with Gasteiger partial charge in [0.25, 0.3) is 0 Å². The summed E-state index contributed by atoms with van der Waals surface area (Å²) in [5, 5.41) is 5.47. The largest absolute Gasteiger partial charge is 0.469 e. The lowest BCUT2D eigenvalue weighted by Gasteiger charge is -2.35. The van der Waals surface area contributed by atoms with Gasteiger partial charge in [-0.1, -0.05) is 53.0 Å². The van der Waals surface area contributed by atoms with Gasteiger partial charge >= 0.3 is 0 Å². The van der Waals surface area contributed by atoms with Gasteiger partial charge in [-0.15, -0.1) is 0 Å². The molecule has 2 aliphatic rings. The average molecular weight is 571 g/mol. The van der Waals surface area contributed by atoms with Crippen molar-refractivity contribution < 1.29 is 19.1 Å². The zero-order valence-electron chi connectivity index (χ0n) is 22.7. The molecule has 1 aromatic heterocycles. The highest BCUT2D eigenvalue weighted by Crippen LogP contribution is 2.44. The molecule has 2 heterocycles. The summed E-state index contributed by atoms with van der Waals surface area (Å²) < 4.78 is 13.4. The van der Waals surface area contributed by atoms with Crippen molar-refractivity contribution in [1.82, 2.24) is 14.7 Å². The molecule has 2 fully saturated rings. The van der Waals surface area contributed by atoms with Crippen molar-refractivity contribution in [2.24, 2.45) is 7.05 Å². The predicted octanol–water partition coefficient (Wildman–Crippen LogP) is 6.01. The summed E-state index contributed by atoms with van der Waals surface area (Å²) in [6.45, 7) is 7.84. The molecule has 0 N–H and O–H groups in total. The van der Waals surface area contributed by atoms with E-state index in [0.717, 1.165) is 31.5 Å². The van der Waals surface area contributed by atoms with E-state index in [-0.39, 0.29) is 42.2 Å². The maximum atomic E-state index is 14.1. The van der Waals surface area contributed by atoms with Gasteiger partial charge in [0.2, 0.25) is 11.7 Å². The Morgan fingerprint density at radius 2 is 1.72 bits per heavy atom. The number of carbonyl (C=O) groups excluding carboxylic acids is 2. The molecular formula is C30H33Cl2N3O4. The number of hydrogen-bond acceptors (Lipinski definition) is 6. The number of benzene rings is 2. The van der Waals surface area contributed by atoms with E-state index in [1.54, 1.807) is 36.0 Å². The second kappa shape index (κ2) is 11.4. The third-order valence-electron chi connectivity index (χ3n) is 7.23. The van der Waals surface area contributed by atoms with E-state index >= 15 is 0 Å². The molecule has 0 amide bonds. The number of ether oxygens (including phenoxy) is 2. The smallest absolute Gasteiger partial charge is 0.223 e. The summed E-state index contributed by atoms with van der Waals surface area (Å²) in [6, 6.07) is 10.7. The number of ketones is 2. The first-order valence-electron chi connectivity index (χ1n) is 13.3. The molecular weight excluding hydrogens is 537 g/mol. The fraction of sp³-hybridized carbons (Fsp3) is 0.433. The molecule has 1 aliphatic heterocycles. The van der Waals surface area contributed by atoms with Gasteiger partial charge in [-0.2, -0.15) is 5.10 Å². The number of aromatic nitrogens is 2. The Balaban J connectivity index is 1.44. The summed E-state index contributed by atoms with van der Waals surface area (Å²) in [5.41, 5.74) is 3.71. The minimum atomic E-state index is -0.283. The van der Waals surface area contributed by atoms with Crippen molar-refractivity contribution in [3.8, 4) is 5.88 Å². The Bertz CT molecular complexity index is 1390. The van der Waals surface area contributed by atoms with Gasteiger partial charge in [-0.3, -0.25) is 14.5 Å². The molecule has 2 unspecified atom stereocenters. The Morgan fingerprint density at radius 3 is 2.36 bits per heavy atom. The lowest BCUT2D eigenvalue weighted by molar-refractivity contribution is -0.0704.